The molecule has 5 nitrogen and oxygen atoms in total. The van der Waals surface area contributed by atoms with Crippen LogP contribution in [0.4, 0.5) is 0 Å². The van der Waals surface area contributed by atoms with Gasteiger partial charge in [0.25, 0.3) is 0 Å². The first-order valence-electron chi connectivity index (χ1n) is 9.42. The van der Waals surface area contributed by atoms with Gasteiger partial charge in [0.15, 0.2) is 0 Å². The summed E-state index contributed by atoms with van der Waals surface area (Å²) in [5.74, 6) is 1.23. The Bertz CT molecular complexity index is 926. The number of benzene rings is 2. The van der Waals surface area contributed by atoms with E-state index in [1.165, 1.54) is 5.56 Å². The van der Waals surface area contributed by atoms with Crippen LogP contribution in [0.2, 0.25) is 0 Å². The van der Waals surface area contributed by atoms with E-state index in [0.29, 0.717) is 25.5 Å². The van der Waals surface area contributed by atoms with Gasteiger partial charge >= 0.3 is 0 Å². The number of carbonyl (C=O) groups is 1. The standard InChI is InChI=1S/C23H22N2O3/c26-22(14-21-20-9-5-4-6-18(20)12-13-27-21)24-15-17-10-11-23(25-16-17)28-19-7-2-1-3-8-19/h1-11,16,21H,12-15H2,(H,24,26). The lowest BCUT2D eigenvalue weighted by Crippen LogP contribution is -2.27. The molecule has 0 saturated heterocycles. The quantitative estimate of drug-likeness (QED) is 0.703. The van der Waals surface area contributed by atoms with Crippen LogP contribution in [0, 0.1) is 0 Å². The number of amides is 1. The molecule has 2 aromatic carbocycles. The van der Waals surface area contributed by atoms with Crippen molar-refractivity contribution in [1.82, 2.24) is 10.3 Å². The maximum absolute atomic E-state index is 12.4. The van der Waals surface area contributed by atoms with Gasteiger partial charge in [0.2, 0.25) is 11.8 Å². The van der Waals surface area contributed by atoms with Crippen molar-refractivity contribution >= 4 is 5.91 Å². The zero-order valence-electron chi connectivity index (χ0n) is 15.5. The zero-order chi connectivity index (χ0) is 19.2. The van der Waals surface area contributed by atoms with Gasteiger partial charge in [-0.25, -0.2) is 4.98 Å². The van der Waals surface area contributed by atoms with Gasteiger partial charge in [-0.2, -0.15) is 0 Å². The SMILES string of the molecule is O=C(CC1OCCc2ccccc21)NCc1ccc(Oc2ccccc2)nc1. The van der Waals surface area contributed by atoms with Gasteiger partial charge in [0.05, 0.1) is 19.1 Å². The molecule has 1 unspecified atom stereocenters. The maximum Gasteiger partial charge on any atom is 0.223 e. The molecule has 0 bridgehead atoms. The number of carbonyl (C=O) groups excluding carboxylic acids is 1. The van der Waals surface area contributed by atoms with Gasteiger partial charge < -0.3 is 14.8 Å². The summed E-state index contributed by atoms with van der Waals surface area (Å²) < 4.78 is 11.5. The number of pyridine rings is 1. The monoisotopic (exact) mass is 374 g/mol. The van der Waals surface area contributed by atoms with Crippen LogP contribution in [-0.2, 0) is 22.5 Å². The number of fused-ring (bicyclic) bond motifs is 1. The molecule has 1 aromatic heterocycles. The van der Waals surface area contributed by atoms with E-state index in [0.717, 1.165) is 23.3 Å². The van der Waals surface area contributed by atoms with E-state index in [4.69, 9.17) is 9.47 Å². The predicted molar refractivity (Wildman–Crippen MR) is 106 cm³/mol. The average molecular weight is 374 g/mol. The Hall–Kier alpha value is -3.18. The highest BCUT2D eigenvalue weighted by molar-refractivity contribution is 5.76. The van der Waals surface area contributed by atoms with Crippen LogP contribution in [0.15, 0.2) is 72.9 Å². The van der Waals surface area contributed by atoms with Crippen molar-refractivity contribution < 1.29 is 14.3 Å². The van der Waals surface area contributed by atoms with Gasteiger partial charge in [0, 0.05) is 18.8 Å². The lowest BCUT2D eigenvalue weighted by molar-refractivity contribution is -0.124. The third kappa shape index (κ3) is 4.56. The van der Waals surface area contributed by atoms with Crippen LogP contribution < -0.4 is 10.1 Å². The first-order chi connectivity index (χ1) is 13.8. The van der Waals surface area contributed by atoms with Gasteiger partial charge in [-0.1, -0.05) is 48.5 Å². The Labute approximate surface area is 164 Å². The molecule has 1 atom stereocenters. The second-order valence-corrected chi connectivity index (χ2v) is 6.71. The molecule has 4 rings (SSSR count). The molecule has 1 N–H and O–H groups in total. The first kappa shape index (κ1) is 18.2. The third-order valence-corrected chi connectivity index (χ3v) is 4.72. The molecule has 1 amide bonds. The highest BCUT2D eigenvalue weighted by Crippen LogP contribution is 2.29. The van der Waals surface area contributed by atoms with Crippen LogP contribution in [-0.4, -0.2) is 17.5 Å². The summed E-state index contributed by atoms with van der Waals surface area (Å²) in [6.45, 7) is 1.08. The largest absolute Gasteiger partial charge is 0.439 e. The van der Waals surface area contributed by atoms with Crippen molar-refractivity contribution in [2.24, 2.45) is 0 Å². The van der Waals surface area contributed by atoms with Gasteiger partial charge in [-0.15, -0.1) is 0 Å². The lowest BCUT2D eigenvalue weighted by atomic mass is 9.95. The number of ether oxygens (including phenoxy) is 2. The van der Waals surface area contributed by atoms with Crippen molar-refractivity contribution in [3.8, 4) is 11.6 Å². The van der Waals surface area contributed by atoms with Crippen LogP contribution in [0.5, 0.6) is 11.6 Å². The fourth-order valence-electron chi connectivity index (χ4n) is 3.27. The normalized spacial score (nSPS) is 15.5. The topological polar surface area (TPSA) is 60.5 Å². The second kappa shape index (κ2) is 8.67. The summed E-state index contributed by atoms with van der Waals surface area (Å²) in [6.07, 6.45) is 2.76. The Kier molecular flexibility index (Phi) is 5.64. The minimum absolute atomic E-state index is 0.0358. The fourth-order valence-corrected chi connectivity index (χ4v) is 3.27. The Morgan fingerprint density at radius 3 is 2.71 bits per heavy atom. The van der Waals surface area contributed by atoms with Crippen LogP contribution in [0.3, 0.4) is 0 Å². The summed E-state index contributed by atoms with van der Waals surface area (Å²) in [5.41, 5.74) is 3.30. The molecular formula is C23H22N2O3. The van der Waals surface area contributed by atoms with E-state index >= 15 is 0 Å². The third-order valence-electron chi connectivity index (χ3n) is 4.72. The summed E-state index contributed by atoms with van der Waals surface area (Å²) in [5, 5.41) is 2.95. The molecule has 1 aliphatic rings. The molecule has 0 radical (unpaired) electrons. The molecule has 1 aliphatic heterocycles. The van der Waals surface area contributed by atoms with E-state index in [9.17, 15) is 4.79 Å². The molecule has 142 valence electrons. The van der Waals surface area contributed by atoms with E-state index in [-0.39, 0.29) is 12.0 Å². The van der Waals surface area contributed by atoms with E-state index in [2.05, 4.69) is 16.4 Å². The summed E-state index contributed by atoms with van der Waals surface area (Å²) in [6, 6.07) is 21.4. The summed E-state index contributed by atoms with van der Waals surface area (Å²) >= 11 is 0. The van der Waals surface area contributed by atoms with Crippen molar-refractivity contribution in [3.05, 3.63) is 89.6 Å². The molecule has 2 heterocycles. The number of para-hydroxylation sites is 1. The predicted octanol–water partition coefficient (Wildman–Crippen LogP) is 4.19. The van der Waals surface area contributed by atoms with E-state index in [1.807, 2.05) is 54.6 Å². The number of hydrogen-bond acceptors (Lipinski definition) is 4. The fraction of sp³-hybridized carbons (Fsp3) is 0.217. The van der Waals surface area contributed by atoms with Crippen molar-refractivity contribution in [3.63, 3.8) is 0 Å². The Morgan fingerprint density at radius 1 is 1.07 bits per heavy atom. The summed E-state index contributed by atoms with van der Waals surface area (Å²) in [7, 11) is 0. The molecule has 28 heavy (non-hydrogen) atoms. The number of aromatic nitrogens is 1. The minimum atomic E-state index is -0.176. The van der Waals surface area contributed by atoms with Gasteiger partial charge in [-0.05, 0) is 35.2 Å². The van der Waals surface area contributed by atoms with Gasteiger partial charge in [0.1, 0.15) is 5.75 Å². The van der Waals surface area contributed by atoms with E-state index < -0.39 is 0 Å². The maximum atomic E-state index is 12.4. The zero-order valence-corrected chi connectivity index (χ0v) is 15.5. The lowest BCUT2D eigenvalue weighted by Gasteiger charge is -2.25. The van der Waals surface area contributed by atoms with Crippen molar-refractivity contribution in [1.29, 1.82) is 0 Å². The molecule has 0 fully saturated rings. The molecular weight excluding hydrogens is 352 g/mol. The number of rotatable bonds is 6. The molecule has 5 heteroatoms. The average Bonchev–Trinajstić information content (AvgIpc) is 2.74. The number of nitrogens with zero attached hydrogens (tertiary/aromatic N) is 1. The molecule has 0 aliphatic carbocycles. The summed E-state index contributed by atoms with van der Waals surface area (Å²) in [4.78, 5) is 16.7. The van der Waals surface area contributed by atoms with Crippen LogP contribution >= 0.6 is 0 Å². The minimum Gasteiger partial charge on any atom is -0.439 e. The Morgan fingerprint density at radius 2 is 1.89 bits per heavy atom. The van der Waals surface area contributed by atoms with E-state index in [1.54, 1.807) is 12.3 Å². The smallest absolute Gasteiger partial charge is 0.223 e. The number of hydrogen-bond donors (Lipinski definition) is 1. The first-order valence-corrected chi connectivity index (χ1v) is 9.42. The Balaban J connectivity index is 1.29. The highest BCUT2D eigenvalue weighted by Gasteiger charge is 2.22. The number of nitrogens with one attached hydrogen (secondary N) is 1. The highest BCUT2D eigenvalue weighted by atomic mass is 16.5. The van der Waals surface area contributed by atoms with Crippen molar-refractivity contribution in [2.75, 3.05) is 6.61 Å². The van der Waals surface area contributed by atoms with Gasteiger partial charge in [-0.3, -0.25) is 4.79 Å². The molecule has 3 aromatic rings. The van der Waals surface area contributed by atoms with Crippen molar-refractivity contribution in [2.45, 2.75) is 25.5 Å². The second-order valence-electron chi connectivity index (χ2n) is 6.71. The molecule has 0 saturated carbocycles. The van der Waals surface area contributed by atoms with Crippen LogP contribution in [0.1, 0.15) is 29.2 Å². The van der Waals surface area contributed by atoms with Crippen LogP contribution in [0.25, 0.3) is 0 Å². The molecule has 0 spiro atoms.